The molecule has 1 rings (SSSR count). The average Bonchev–Trinajstić information content (AvgIpc) is 2.38. The van der Waals surface area contributed by atoms with Crippen LogP contribution in [-0.4, -0.2) is 7.11 Å². The number of nitrogens with two attached hydrogens (primary N) is 1. The Morgan fingerprint density at radius 2 is 1.60 bits per heavy atom. The van der Waals surface area contributed by atoms with Crippen LogP contribution in [-0.2, 0) is 0 Å². The Balaban J connectivity index is 3.34. The summed E-state index contributed by atoms with van der Waals surface area (Å²) < 4.78 is 5.65. The van der Waals surface area contributed by atoms with Gasteiger partial charge in [0.05, 0.1) is 13.2 Å². The van der Waals surface area contributed by atoms with Crippen LogP contribution >= 0.6 is 0 Å². The first-order chi connectivity index (χ1) is 9.34. The van der Waals surface area contributed by atoms with Crippen LogP contribution in [0.5, 0.6) is 5.75 Å². The Morgan fingerprint density at radius 1 is 1.05 bits per heavy atom. The van der Waals surface area contributed by atoms with E-state index in [1.165, 1.54) is 11.1 Å². The summed E-state index contributed by atoms with van der Waals surface area (Å²) in [5, 5.41) is 0. The summed E-state index contributed by atoms with van der Waals surface area (Å²) >= 11 is 0. The number of hydrogen-bond acceptors (Lipinski definition) is 3. The van der Waals surface area contributed by atoms with Gasteiger partial charge in [-0.2, -0.15) is 0 Å². The maximum Gasteiger partial charge on any atom is 0.126 e. The quantitative estimate of drug-likeness (QED) is 0.615. The van der Waals surface area contributed by atoms with E-state index in [2.05, 4.69) is 59.1 Å². The predicted molar refractivity (Wildman–Crippen MR) is 85.7 cm³/mol. The first-order valence-electron chi connectivity index (χ1n) is 7.45. The van der Waals surface area contributed by atoms with Crippen molar-refractivity contribution in [1.82, 2.24) is 5.43 Å². The fourth-order valence-electron chi connectivity index (χ4n) is 3.27. The smallest absolute Gasteiger partial charge is 0.126 e. The van der Waals surface area contributed by atoms with Crippen molar-refractivity contribution < 1.29 is 4.74 Å². The van der Waals surface area contributed by atoms with Crippen molar-refractivity contribution in [2.45, 2.75) is 47.6 Å². The van der Waals surface area contributed by atoms with E-state index < -0.39 is 0 Å². The summed E-state index contributed by atoms with van der Waals surface area (Å²) in [5.74, 6) is 8.39. The standard InChI is InChI=1S/C17H30N2O/c1-10(2)15(11(3)4)16(19-18)14-9-8-12(5)13(6)17(14)20-7/h8-11,15-16,19H,18H2,1-7H3. The molecule has 0 heterocycles. The number of ether oxygens (including phenoxy) is 1. The SMILES string of the molecule is COc1c(C(NN)C(C(C)C)C(C)C)ccc(C)c1C. The van der Waals surface area contributed by atoms with Gasteiger partial charge in [-0.25, -0.2) is 0 Å². The lowest BCUT2D eigenvalue weighted by atomic mass is 9.77. The van der Waals surface area contributed by atoms with Gasteiger partial charge in [0.15, 0.2) is 0 Å². The van der Waals surface area contributed by atoms with E-state index in [4.69, 9.17) is 10.6 Å². The molecule has 3 heteroatoms. The molecule has 1 unspecified atom stereocenters. The van der Waals surface area contributed by atoms with E-state index in [1.807, 2.05) is 0 Å². The monoisotopic (exact) mass is 278 g/mol. The predicted octanol–water partition coefficient (Wildman–Crippen LogP) is 3.74. The van der Waals surface area contributed by atoms with Gasteiger partial charge in [-0.1, -0.05) is 39.8 Å². The molecule has 1 aromatic carbocycles. The molecule has 0 saturated heterocycles. The van der Waals surface area contributed by atoms with Gasteiger partial charge >= 0.3 is 0 Å². The van der Waals surface area contributed by atoms with Gasteiger partial charge in [0.2, 0.25) is 0 Å². The third-order valence-electron chi connectivity index (χ3n) is 4.35. The van der Waals surface area contributed by atoms with Crippen molar-refractivity contribution in [2.75, 3.05) is 7.11 Å². The summed E-state index contributed by atoms with van der Waals surface area (Å²) in [6, 6.07) is 4.39. The molecule has 0 aromatic heterocycles. The fraction of sp³-hybridized carbons (Fsp3) is 0.647. The van der Waals surface area contributed by atoms with Crippen LogP contribution in [0.1, 0.15) is 50.4 Å². The van der Waals surface area contributed by atoms with Gasteiger partial charge in [0.1, 0.15) is 5.75 Å². The van der Waals surface area contributed by atoms with E-state index in [1.54, 1.807) is 7.11 Å². The molecule has 1 atom stereocenters. The molecule has 0 aliphatic rings. The Morgan fingerprint density at radius 3 is 2.00 bits per heavy atom. The summed E-state index contributed by atoms with van der Waals surface area (Å²) in [4.78, 5) is 0. The Kier molecular flexibility index (Phi) is 6.03. The molecule has 114 valence electrons. The number of hydrogen-bond donors (Lipinski definition) is 2. The molecule has 0 aliphatic heterocycles. The molecule has 3 nitrogen and oxygen atoms in total. The van der Waals surface area contributed by atoms with Gasteiger partial charge < -0.3 is 4.74 Å². The molecular weight excluding hydrogens is 248 g/mol. The highest BCUT2D eigenvalue weighted by molar-refractivity contribution is 5.47. The minimum Gasteiger partial charge on any atom is -0.496 e. The highest BCUT2D eigenvalue weighted by Crippen LogP contribution is 2.39. The molecule has 3 N–H and O–H groups in total. The topological polar surface area (TPSA) is 47.3 Å². The number of rotatable bonds is 6. The first kappa shape index (κ1) is 17.0. The zero-order chi connectivity index (χ0) is 15.4. The van der Waals surface area contributed by atoms with E-state index >= 15 is 0 Å². The lowest BCUT2D eigenvalue weighted by Gasteiger charge is -2.34. The second-order valence-electron chi connectivity index (χ2n) is 6.34. The zero-order valence-corrected chi connectivity index (χ0v) is 13.9. The average molecular weight is 278 g/mol. The number of aryl methyl sites for hydroxylation is 1. The summed E-state index contributed by atoms with van der Waals surface area (Å²) in [7, 11) is 1.73. The van der Waals surface area contributed by atoms with Gasteiger partial charge in [-0.15, -0.1) is 0 Å². The fourth-order valence-corrected chi connectivity index (χ4v) is 3.27. The van der Waals surface area contributed by atoms with Crippen molar-refractivity contribution in [3.8, 4) is 5.75 Å². The molecule has 0 saturated carbocycles. The lowest BCUT2D eigenvalue weighted by molar-refractivity contribution is 0.207. The number of hydrazine groups is 1. The molecule has 0 fully saturated rings. The number of methoxy groups -OCH3 is 1. The van der Waals surface area contributed by atoms with Gasteiger partial charge in [0.25, 0.3) is 0 Å². The highest BCUT2D eigenvalue weighted by atomic mass is 16.5. The van der Waals surface area contributed by atoms with E-state index in [0.29, 0.717) is 17.8 Å². The largest absolute Gasteiger partial charge is 0.496 e. The summed E-state index contributed by atoms with van der Waals surface area (Å²) in [5.41, 5.74) is 6.61. The maximum atomic E-state index is 5.89. The first-order valence-corrected chi connectivity index (χ1v) is 7.45. The third-order valence-corrected chi connectivity index (χ3v) is 4.35. The van der Waals surface area contributed by atoms with Gasteiger partial charge in [0, 0.05) is 5.56 Å². The van der Waals surface area contributed by atoms with Crippen molar-refractivity contribution in [3.63, 3.8) is 0 Å². The molecular formula is C17H30N2O. The van der Waals surface area contributed by atoms with Crippen LogP contribution in [0.4, 0.5) is 0 Å². The van der Waals surface area contributed by atoms with Crippen molar-refractivity contribution in [2.24, 2.45) is 23.6 Å². The van der Waals surface area contributed by atoms with Crippen LogP contribution in [0, 0.1) is 31.6 Å². The molecule has 1 aromatic rings. The van der Waals surface area contributed by atoms with E-state index in [-0.39, 0.29) is 6.04 Å². The molecule has 0 amide bonds. The highest BCUT2D eigenvalue weighted by Gasteiger charge is 2.30. The minimum atomic E-state index is 0.101. The zero-order valence-electron chi connectivity index (χ0n) is 13.9. The summed E-state index contributed by atoms with van der Waals surface area (Å²) in [6.07, 6.45) is 0. The van der Waals surface area contributed by atoms with Crippen LogP contribution in [0.25, 0.3) is 0 Å². The molecule has 0 spiro atoms. The summed E-state index contributed by atoms with van der Waals surface area (Å²) in [6.45, 7) is 13.2. The normalized spacial score (nSPS) is 13.3. The molecule has 0 bridgehead atoms. The van der Waals surface area contributed by atoms with Crippen LogP contribution in [0.3, 0.4) is 0 Å². The van der Waals surface area contributed by atoms with Gasteiger partial charge in [-0.3, -0.25) is 11.3 Å². The van der Waals surface area contributed by atoms with Crippen LogP contribution < -0.4 is 16.0 Å². The van der Waals surface area contributed by atoms with Crippen LogP contribution in [0.2, 0.25) is 0 Å². The van der Waals surface area contributed by atoms with Crippen molar-refractivity contribution in [1.29, 1.82) is 0 Å². The number of benzene rings is 1. The minimum absolute atomic E-state index is 0.101. The van der Waals surface area contributed by atoms with E-state index in [9.17, 15) is 0 Å². The number of nitrogens with one attached hydrogen (secondary N) is 1. The Labute approximate surface area is 123 Å². The Bertz CT molecular complexity index is 433. The Hall–Kier alpha value is -1.06. The van der Waals surface area contributed by atoms with Crippen molar-refractivity contribution >= 4 is 0 Å². The van der Waals surface area contributed by atoms with Crippen molar-refractivity contribution in [3.05, 3.63) is 28.8 Å². The second kappa shape index (κ2) is 7.09. The van der Waals surface area contributed by atoms with E-state index in [0.717, 1.165) is 11.3 Å². The third kappa shape index (κ3) is 3.33. The maximum absolute atomic E-state index is 5.89. The molecule has 0 aliphatic carbocycles. The van der Waals surface area contributed by atoms with Crippen LogP contribution in [0.15, 0.2) is 12.1 Å². The second-order valence-corrected chi connectivity index (χ2v) is 6.34. The lowest BCUT2D eigenvalue weighted by Crippen LogP contribution is -2.38. The molecule has 20 heavy (non-hydrogen) atoms. The molecule has 0 radical (unpaired) electrons. The van der Waals surface area contributed by atoms with Gasteiger partial charge in [-0.05, 0) is 42.7 Å².